The van der Waals surface area contributed by atoms with Gasteiger partial charge in [-0.15, -0.1) is 0 Å². The molecule has 1 amide bonds. The van der Waals surface area contributed by atoms with E-state index in [0.717, 1.165) is 6.07 Å². The first-order valence-electron chi connectivity index (χ1n) is 5.26. The number of nitrogens with one attached hydrogen (secondary N) is 2. The fraction of sp³-hybridized carbons (Fsp3) is 0. The van der Waals surface area contributed by atoms with Crippen molar-refractivity contribution in [2.24, 2.45) is 0 Å². The van der Waals surface area contributed by atoms with Crippen LogP contribution in [0.25, 0.3) is 0 Å². The molecule has 7 nitrogen and oxygen atoms in total. The Morgan fingerprint density at radius 3 is 2.68 bits per heavy atom. The molecule has 0 spiro atoms. The fourth-order valence-electron chi connectivity index (χ4n) is 1.41. The molecule has 0 saturated carbocycles. The number of rotatable bonds is 3. The molecule has 96 valence electrons. The number of carboxylic acids is 1. The largest absolute Gasteiger partial charge is 0.478 e. The van der Waals surface area contributed by atoms with Gasteiger partial charge in [0.05, 0.1) is 5.56 Å². The van der Waals surface area contributed by atoms with Crippen LogP contribution in [0.3, 0.4) is 0 Å². The highest BCUT2D eigenvalue weighted by Crippen LogP contribution is 2.08. The summed E-state index contributed by atoms with van der Waals surface area (Å²) in [4.78, 5) is 39.8. The molecule has 2 aromatic heterocycles. The Morgan fingerprint density at radius 1 is 1.21 bits per heavy atom. The molecule has 2 heterocycles. The van der Waals surface area contributed by atoms with E-state index in [1.165, 1.54) is 30.6 Å². The van der Waals surface area contributed by atoms with Gasteiger partial charge in [0.1, 0.15) is 5.82 Å². The summed E-state index contributed by atoms with van der Waals surface area (Å²) in [5.74, 6) is -1.56. The zero-order valence-corrected chi connectivity index (χ0v) is 9.58. The van der Waals surface area contributed by atoms with Crippen LogP contribution in [0.5, 0.6) is 0 Å². The average molecular weight is 259 g/mol. The molecule has 3 N–H and O–H groups in total. The number of amides is 1. The predicted molar refractivity (Wildman–Crippen MR) is 66.2 cm³/mol. The van der Waals surface area contributed by atoms with Crippen molar-refractivity contribution >= 4 is 17.7 Å². The second kappa shape index (κ2) is 5.13. The molecule has 0 fully saturated rings. The lowest BCUT2D eigenvalue weighted by atomic mass is 10.2. The van der Waals surface area contributed by atoms with Crippen LogP contribution in [0, 0.1) is 0 Å². The number of carboxylic acid groups (broad SMARTS) is 1. The molecule has 0 aromatic carbocycles. The lowest BCUT2D eigenvalue weighted by Gasteiger charge is -2.04. The molecule has 7 heteroatoms. The summed E-state index contributed by atoms with van der Waals surface area (Å²) in [7, 11) is 0. The molecule has 2 aromatic rings. The number of hydrogen-bond acceptors (Lipinski definition) is 4. The van der Waals surface area contributed by atoms with Crippen LogP contribution in [0.1, 0.15) is 20.7 Å². The lowest BCUT2D eigenvalue weighted by molar-refractivity contribution is 0.0696. The molecule has 0 atom stereocenters. The zero-order chi connectivity index (χ0) is 13.8. The van der Waals surface area contributed by atoms with Gasteiger partial charge in [0.25, 0.3) is 5.91 Å². The molecule has 0 aliphatic rings. The van der Waals surface area contributed by atoms with Gasteiger partial charge >= 0.3 is 5.97 Å². The highest BCUT2D eigenvalue weighted by atomic mass is 16.4. The number of carbonyl (C=O) groups is 2. The van der Waals surface area contributed by atoms with Crippen LogP contribution in [0.2, 0.25) is 0 Å². The van der Waals surface area contributed by atoms with Crippen molar-refractivity contribution in [1.82, 2.24) is 9.97 Å². The van der Waals surface area contributed by atoms with Crippen molar-refractivity contribution in [3.63, 3.8) is 0 Å². The molecule has 0 saturated heterocycles. The van der Waals surface area contributed by atoms with E-state index in [2.05, 4.69) is 15.3 Å². The number of aromatic amines is 1. The Morgan fingerprint density at radius 2 is 2.00 bits per heavy atom. The third-order valence-corrected chi connectivity index (χ3v) is 2.29. The van der Waals surface area contributed by atoms with Crippen molar-refractivity contribution in [1.29, 1.82) is 0 Å². The van der Waals surface area contributed by atoms with Gasteiger partial charge in [-0.25, -0.2) is 9.78 Å². The summed E-state index contributed by atoms with van der Waals surface area (Å²) in [5.41, 5.74) is -0.234. The van der Waals surface area contributed by atoms with Crippen LogP contribution in [-0.4, -0.2) is 27.0 Å². The Kier molecular flexibility index (Phi) is 3.37. The first kappa shape index (κ1) is 12.5. The Labute approximate surface area is 106 Å². The smallest absolute Gasteiger partial charge is 0.335 e. The number of nitrogens with zero attached hydrogens (tertiary/aromatic N) is 1. The van der Waals surface area contributed by atoms with Crippen molar-refractivity contribution in [3.8, 4) is 0 Å². The molecule has 19 heavy (non-hydrogen) atoms. The second-order valence-electron chi connectivity index (χ2n) is 3.63. The standard InChI is InChI=1S/C12H9N3O4/c16-10-6-7(1-4-14-10)11(17)15-9-5-8(12(18)19)2-3-13-9/h1-6H,(H,14,16)(H,18,19)(H,13,15,17). The van der Waals surface area contributed by atoms with Crippen LogP contribution in [0.15, 0.2) is 41.5 Å². The van der Waals surface area contributed by atoms with E-state index in [1.807, 2.05) is 0 Å². The summed E-state index contributed by atoms with van der Waals surface area (Å²) in [6.45, 7) is 0. The molecule has 0 radical (unpaired) electrons. The average Bonchev–Trinajstić information content (AvgIpc) is 2.39. The van der Waals surface area contributed by atoms with Gasteiger partial charge in [0, 0.05) is 24.0 Å². The third kappa shape index (κ3) is 3.03. The van der Waals surface area contributed by atoms with Crippen molar-refractivity contribution in [2.45, 2.75) is 0 Å². The highest BCUT2D eigenvalue weighted by Gasteiger charge is 2.09. The molecule has 0 aliphatic heterocycles. The summed E-state index contributed by atoms with van der Waals surface area (Å²) in [6, 6.07) is 5.10. The van der Waals surface area contributed by atoms with E-state index in [-0.39, 0.29) is 16.9 Å². The summed E-state index contributed by atoms with van der Waals surface area (Å²) in [6.07, 6.45) is 2.62. The SMILES string of the molecule is O=C(O)c1ccnc(NC(=O)c2cc[nH]c(=O)c2)c1. The Balaban J connectivity index is 2.22. The number of hydrogen-bond donors (Lipinski definition) is 3. The maximum atomic E-state index is 11.8. The summed E-state index contributed by atoms with van der Waals surface area (Å²) in [5, 5.41) is 11.2. The van der Waals surface area contributed by atoms with Gasteiger partial charge in [-0.3, -0.25) is 9.59 Å². The van der Waals surface area contributed by atoms with E-state index in [1.54, 1.807) is 0 Å². The van der Waals surface area contributed by atoms with Crippen molar-refractivity contribution < 1.29 is 14.7 Å². The lowest BCUT2D eigenvalue weighted by Crippen LogP contribution is -2.16. The van der Waals surface area contributed by atoms with E-state index >= 15 is 0 Å². The van der Waals surface area contributed by atoms with Crippen LogP contribution in [-0.2, 0) is 0 Å². The number of H-pyrrole nitrogens is 1. The Bertz CT molecular complexity index is 693. The number of pyridine rings is 2. The van der Waals surface area contributed by atoms with Crippen LogP contribution >= 0.6 is 0 Å². The van der Waals surface area contributed by atoms with Gasteiger partial charge in [-0.2, -0.15) is 0 Å². The molecular weight excluding hydrogens is 250 g/mol. The topological polar surface area (TPSA) is 112 Å². The number of carbonyl (C=O) groups excluding carboxylic acids is 1. The predicted octanol–water partition coefficient (Wildman–Crippen LogP) is 0.720. The first-order valence-corrected chi connectivity index (χ1v) is 5.26. The minimum Gasteiger partial charge on any atom is -0.478 e. The highest BCUT2D eigenvalue weighted by molar-refractivity contribution is 6.04. The number of anilines is 1. The van der Waals surface area contributed by atoms with Gasteiger partial charge in [0.15, 0.2) is 0 Å². The first-order chi connectivity index (χ1) is 9.06. The summed E-state index contributed by atoms with van der Waals surface area (Å²) < 4.78 is 0. The van der Waals surface area contributed by atoms with Crippen LogP contribution < -0.4 is 10.9 Å². The van der Waals surface area contributed by atoms with Crippen molar-refractivity contribution in [3.05, 3.63) is 58.1 Å². The van der Waals surface area contributed by atoms with Gasteiger partial charge in [-0.05, 0) is 18.2 Å². The Hall–Kier alpha value is -2.96. The fourth-order valence-corrected chi connectivity index (χ4v) is 1.41. The maximum Gasteiger partial charge on any atom is 0.335 e. The second-order valence-corrected chi connectivity index (χ2v) is 3.63. The van der Waals surface area contributed by atoms with Gasteiger partial charge < -0.3 is 15.4 Å². The third-order valence-electron chi connectivity index (χ3n) is 2.29. The van der Waals surface area contributed by atoms with Crippen molar-refractivity contribution in [2.75, 3.05) is 5.32 Å². The zero-order valence-electron chi connectivity index (χ0n) is 9.58. The maximum absolute atomic E-state index is 11.8. The van der Waals surface area contributed by atoms with E-state index in [0.29, 0.717) is 0 Å². The molecule has 0 aliphatic carbocycles. The molecule has 0 bridgehead atoms. The minimum atomic E-state index is -1.12. The molecule has 0 unspecified atom stereocenters. The number of aromatic nitrogens is 2. The monoisotopic (exact) mass is 259 g/mol. The summed E-state index contributed by atoms with van der Waals surface area (Å²) >= 11 is 0. The van der Waals surface area contributed by atoms with Crippen LogP contribution in [0.4, 0.5) is 5.82 Å². The van der Waals surface area contributed by atoms with Gasteiger partial charge in [0.2, 0.25) is 5.56 Å². The number of aromatic carboxylic acids is 1. The minimum absolute atomic E-state index is 0.0104. The molecule has 2 rings (SSSR count). The molecular formula is C12H9N3O4. The van der Waals surface area contributed by atoms with E-state index in [9.17, 15) is 14.4 Å². The van der Waals surface area contributed by atoms with E-state index < -0.39 is 17.4 Å². The quantitative estimate of drug-likeness (QED) is 0.751. The normalized spacial score (nSPS) is 9.89. The van der Waals surface area contributed by atoms with E-state index in [4.69, 9.17) is 5.11 Å². The van der Waals surface area contributed by atoms with Gasteiger partial charge in [-0.1, -0.05) is 0 Å².